The van der Waals surface area contributed by atoms with Crippen molar-refractivity contribution >= 4 is 16.8 Å². The van der Waals surface area contributed by atoms with Gasteiger partial charge in [0.1, 0.15) is 6.10 Å². The molecule has 1 heterocycles. The van der Waals surface area contributed by atoms with Gasteiger partial charge in [0, 0.05) is 23.5 Å². The van der Waals surface area contributed by atoms with Gasteiger partial charge in [0.25, 0.3) is 12.3 Å². The second-order valence-corrected chi connectivity index (χ2v) is 4.20. The minimum atomic E-state index is -2.94. The largest absolute Gasteiger partial charge is 0.385 e. The number of aromatic nitrogens is 1. The fourth-order valence-corrected chi connectivity index (χ4v) is 1.77. The Morgan fingerprint density at radius 3 is 2.75 bits per heavy atom. The molecule has 106 valence electrons. The second kappa shape index (κ2) is 5.79. The van der Waals surface area contributed by atoms with E-state index in [2.05, 4.69) is 10.3 Å². The lowest BCUT2D eigenvalue weighted by Gasteiger charge is -2.11. The maximum absolute atomic E-state index is 12.1. The van der Waals surface area contributed by atoms with Crippen molar-refractivity contribution in [3.05, 3.63) is 46.2 Å². The van der Waals surface area contributed by atoms with Crippen LogP contribution in [0.5, 0.6) is 0 Å². The van der Waals surface area contributed by atoms with Crippen LogP contribution in [0.15, 0.2) is 35.1 Å². The number of hydrogen-bond donors (Lipinski definition) is 3. The molecule has 7 heteroatoms. The van der Waals surface area contributed by atoms with Gasteiger partial charge in [-0.05, 0) is 6.07 Å². The molecule has 1 aromatic heterocycles. The Morgan fingerprint density at radius 1 is 1.35 bits per heavy atom. The summed E-state index contributed by atoms with van der Waals surface area (Å²) in [4.78, 5) is 25.9. The van der Waals surface area contributed by atoms with E-state index in [4.69, 9.17) is 5.11 Å². The number of nitrogens with one attached hydrogen (secondary N) is 2. The van der Waals surface area contributed by atoms with E-state index >= 15 is 0 Å². The Hall–Kier alpha value is -2.28. The molecule has 1 unspecified atom stereocenters. The van der Waals surface area contributed by atoms with Gasteiger partial charge >= 0.3 is 0 Å². The summed E-state index contributed by atoms with van der Waals surface area (Å²) in [6.45, 7) is -0.586. The number of benzene rings is 1. The van der Waals surface area contributed by atoms with Crippen LogP contribution >= 0.6 is 0 Å². The highest BCUT2D eigenvalue weighted by Gasteiger charge is 2.19. The Morgan fingerprint density at radius 2 is 2.05 bits per heavy atom. The number of carbonyl (C=O) groups excluding carboxylic acids is 1. The van der Waals surface area contributed by atoms with Crippen LogP contribution in [-0.4, -0.2) is 35.1 Å². The number of rotatable bonds is 4. The van der Waals surface area contributed by atoms with Crippen molar-refractivity contribution < 1.29 is 18.7 Å². The molecule has 2 aromatic rings. The summed E-state index contributed by atoms with van der Waals surface area (Å²) in [5.74, 6) is -0.688. The van der Waals surface area contributed by atoms with Crippen LogP contribution in [0.1, 0.15) is 10.4 Å². The Balaban J connectivity index is 2.28. The molecule has 0 spiro atoms. The van der Waals surface area contributed by atoms with Crippen molar-refractivity contribution in [1.29, 1.82) is 0 Å². The highest BCUT2D eigenvalue weighted by molar-refractivity contribution is 6.05. The lowest BCUT2D eigenvalue weighted by molar-refractivity contribution is -0.00269. The summed E-state index contributed by atoms with van der Waals surface area (Å²) >= 11 is 0. The van der Waals surface area contributed by atoms with E-state index in [9.17, 15) is 18.4 Å². The molecule has 0 aliphatic carbocycles. The van der Waals surface area contributed by atoms with E-state index in [0.717, 1.165) is 6.07 Å². The number of aliphatic hydroxyl groups excluding tert-OH is 1. The summed E-state index contributed by atoms with van der Waals surface area (Å²) in [7, 11) is 0. The number of alkyl halides is 2. The zero-order chi connectivity index (χ0) is 14.7. The number of aromatic amines is 1. The molecule has 3 N–H and O–H groups in total. The van der Waals surface area contributed by atoms with Gasteiger partial charge in [0.2, 0.25) is 5.56 Å². The van der Waals surface area contributed by atoms with E-state index < -0.39 is 30.5 Å². The Kier molecular flexibility index (Phi) is 4.09. The fraction of sp³-hybridized carbons (Fsp3) is 0.231. The maximum Gasteiger partial charge on any atom is 0.265 e. The minimum absolute atomic E-state index is 0.0748. The average Bonchev–Trinajstić information content (AvgIpc) is 2.43. The zero-order valence-corrected chi connectivity index (χ0v) is 10.3. The van der Waals surface area contributed by atoms with Crippen LogP contribution in [0, 0.1) is 0 Å². The van der Waals surface area contributed by atoms with E-state index in [1.165, 1.54) is 0 Å². The van der Waals surface area contributed by atoms with Crippen molar-refractivity contribution in [2.24, 2.45) is 0 Å². The van der Waals surface area contributed by atoms with Gasteiger partial charge in [-0.2, -0.15) is 0 Å². The van der Waals surface area contributed by atoms with Gasteiger partial charge < -0.3 is 15.4 Å². The first-order valence-electron chi connectivity index (χ1n) is 5.85. The molecule has 5 nitrogen and oxygen atoms in total. The molecule has 20 heavy (non-hydrogen) atoms. The summed E-state index contributed by atoms with van der Waals surface area (Å²) in [6.07, 6.45) is -4.88. The van der Waals surface area contributed by atoms with Gasteiger partial charge in [0.05, 0.1) is 5.56 Å². The summed E-state index contributed by atoms with van der Waals surface area (Å²) in [5.41, 5.74) is 0.0774. The smallest absolute Gasteiger partial charge is 0.265 e. The molecular weight excluding hydrogens is 270 g/mol. The maximum atomic E-state index is 12.1. The van der Waals surface area contributed by atoms with E-state index in [-0.39, 0.29) is 5.56 Å². The Labute approximate surface area is 112 Å². The standard InChI is InChI=1S/C13H12F2N2O3/c14-12(15)10(18)6-16-13(20)8-5-11(19)17-9-4-2-1-3-7(8)9/h1-5,10,12,18H,6H2,(H,16,20)(H,17,19). The summed E-state index contributed by atoms with van der Waals surface area (Å²) in [6, 6.07) is 7.73. The number of para-hydroxylation sites is 1. The normalized spacial score (nSPS) is 12.6. The highest BCUT2D eigenvalue weighted by atomic mass is 19.3. The molecule has 0 saturated heterocycles. The predicted octanol–water partition coefficient (Wildman–Crippen LogP) is 0.884. The number of hydrogen-bond acceptors (Lipinski definition) is 3. The van der Waals surface area contributed by atoms with Gasteiger partial charge in [-0.25, -0.2) is 8.78 Å². The molecule has 0 aliphatic heterocycles. The molecule has 1 atom stereocenters. The molecule has 0 bridgehead atoms. The first-order chi connectivity index (χ1) is 9.49. The van der Waals surface area contributed by atoms with Crippen molar-refractivity contribution in [2.45, 2.75) is 12.5 Å². The van der Waals surface area contributed by atoms with Crippen LogP contribution in [0.2, 0.25) is 0 Å². The highest BCUT2D eigenvalue weighted by Crippen LogP contribution is 2.14. The molecule has 0 saturated carbocycles. The van der Waals surface area contributed by atoms with Gasteiger partial charge in [-0.1, -0.05) is 18.2 Å². The third kappa shape index (κ3) is 3.00. The van der Waals surface area contributed by atoms with E-state index in [1.54, 1.807) is 24.3 Å². The fourth-order valence-electron chi connectivity index (χ4n) is 1.77. The van der Waals surface area contributed by atoms with E-state index in [1.807, 2.05) is 0 Å². The summed E-state index contributed by atoms with van der Waals surface area (Å²) < 4.78 is 24.3. The third-order valence-corrected chi connectivity index (χ3v) is 2.76. The van der Waals surface area contributed by atoms with Gasteiger partial charge in [-0.3, -0.25) is 9.59 Å². The van der Waals surface area contributed by atoms with Crippen LogP contribution in [0.3, 0.4) is 0 Å². The molecule has 0 aliphatic rings. The topological polar surface area (TPSA) is 82.2 Å². The minimum Gasteiger partial charge on any atom is -0.385 e. The molecule has 0 radical (unpaired) electrons. The van der Waals surface area contributed by atoms with Crippen molar-refractivity contribution in [3.8, 4) is 0 Å². The van der Waals surface area contributed by atoms with Gasteiger partial charge in [0.15, 0.2) is 0 Å². The van der Waals surface area contributed by atoms with Crippen LogP contribution in [0.25, 0.3) is 10.9 Å². The van der Waals surface area contributed by atoms with Crippen LogP contribution in [0.4, 0.5) is 8.78 Å². The van der Waals surface area contributed by atoms with Crippen molar-refractivity contribution in [3.63, 3.8) is 0 Å². The monoisotopic (exact) mass is 282 g/mol. The van der Waals surface area contributed by atoms with Crippen LogP contribution < -0.4 is 10.9 Å². The molecule has 2 rings (SSSR count). The molecule has 1 amide bonds. The SMILES string of the molecule is O=C(NCC(O)C(F)F)c1cc(=O)[nH]c2ccccc12. The van der Waals surface area contributed by atoms with Crippen molar-refractivity contribution in [2.75, 3.05) is 6.54 Å². The Bertz CT molecular complexity index is 685. The van der Waals surface area contributed by atoms with Crippen LogP contribution in [-0.2, 0) is 0 Å². The first-order valence-corrected chi connectivity index (χ1v) is 5.85. The number of amides is 1. The quantitative estimate of drug-likeness (QED) is 0.778. The number of H-pyrrole nitrogens is 1. The second-order valence-electron chi connectivity index (χ2n) is 4.20. The van der Waals surface area contributed by atoms with Crippen molar-refractivity contribution in [1.82, 2.24) is 10.3 Å². The number of pyridine rings is 1. The third-order valence-electron chi connectivity index (χ3n) is 2.76. The zero-order valence-electron chi connectivity index (χ0n) is 10.3. The molecule has 1 aromatic carbocycles. The number of fused-ring (bicyclic) bond motifs is 1. The summed E-state index contributed by atoms with van der Waals surface area (Å²) in [5, 5.41) is 11.6. The predicted molar refractivity (Wildman–Crippen MR) is 68.9 cm³/mol. The molecular formula is C13H12F2N2O3. The lowest BCUT2D eigenvalue weighted by Crippen LogP contribution is -2.36. The van der Waals surface area contributed by atoms with E-state index in [0.29, 0.717) is 10.9 Å². The average molecular weight is 282 g/mol. The number of aliphatic hydroxyl groups is 1. The first kappa shape index (κ1) is 14.1. The molecule has 0 fully saturated rings. The lowest BCUT2D eigenvalue weighted by atomic mass is 10.1. The number of carbonyl (C=O) groups is 1. The number of halogens is 2. The van der Waals surface area contributed by atoms with Gasteiger partial charge in [-0.15, -0.1) is 0 Å².